The van der Waals surface area contributed by atoms with Crippen molar-refractivity contribution in [2.45, 2.75) is 51.2 Å². The fraction of sp³-hybridized carbons (Fsp3) is 0.348. The van der Waals surface area contributed by atoms with Gasteiger partial charge in [-0.2, -0.15) is 0 Å². The lowest BCUT2D eigenvalue weighted by Crippen LogP contribution is -2.25. The molecular formula is C23H25N3O4S2. The van der Waals surface area contributed by atoms with Gasteiger partial charge in [-0.05, 0) is 29.9 Å². The standard InChI is InChI=1S/C23H25N3O4S2/c1-14(15-5-3-2-4-6-15)9-20(27)26-22-21(24)18-8-7-16(10-19(18)32-22)30-23(28)29-12-17-11-25-13-31-17/h2-6,11,13-14,16H,7-10,12,24H2,1H3,(H,26,27). The molecule has 1 aliphatic carbocycles. The first-order valence-corrected chi connectivity index (χ1v) is 12.1. The van der Waals surface area contributed by atoms with Gasteiger partial charge in [0.2, 0.25) is 5.91 Å². The van der Waals surface area contributed by atoms with Crippen molar-refractivity contribution < 1.29 is 19.1 Å². The summed E-state index contributed by atoms with van der Waals surface area (Å²) in [5.74, 6) is 0.0480. The second-order valence-electron chi connectivity index (χ2n) is 7.80. The predicted octanol–water partition coefficient (Wildman–Crippen LogP) is 5.13. The first kappa shape index (κ1) is 22.3. The minimum Gasteiger partial charge on any atom is -0.431 e. The number of carbonyl (C=O) groups is 2. The topological polar surface area (TPSA) is 104 Å². The molecule has 2 aromatic heterocycles. The van der Waals surface area contributed by atoms with Gasteiger partial charge in [0.1, 0.15) is 17.7 Å². The Bertz CT molecular complexity index is 1070. The number of nitrogens with one attached hydrogen (secondary N) is 1. The third-order valence-corrected chi connectivity index (χ3v) is 7.39. The lowest BCUT2D eigenvalue weighted by atomic mass is 9.95. The third kappa shape index (κ3) is 5.46. The molecule has 1 amide bonds. The van der Waals surface area contributed by atoms with Gasteiger partial charge in [0.15, 0.2) is 0 Å². The smallest absolute Gasteiger partial charge is 0.431 e. The highest BCUT2D eigenvalue weighted by atomic mass is 32.1. The number of nitrogen functional groups attached to an aromatic ring is 1. The number of aromatic nitrogens is 1. The summed E-state index contributed by atoms with van der Waals surface area (Å²) >= 11 is 2.88. The van der Waals surface area contributed by atoms with Crippen LogP contribution in [0.25, 0.3) is 0 Å². The molecule has 9 heteroatoms. The zero-order valence-corrected chi connectivity index (χ0v) is 19.3. The number of hydrogen-bond acceptors (Lipinski definition) is 8. The quantitative estimate of drug-likeness (QED) is 0.463. The number of carbonyl (C=O) groups excluding carboxylic acids is 2. The summed E-state index contributed by atoms with van der Waals surface area (Å²) in [5.41, 5.74) is 10.8. The van der Waals surface area contributed by atoms with Gasteiger partial charge in [-0.25, -0.2) is 4.79 Å². The Morgan fingerprint density at radius 1 is 1.31 bits per heavy atom. The molecule has 1 aromatic carbocycles. The number of nitrogens with zero attached hydrogens (tertiary/aromatic N) is 1. The van der Waals surface area contributed by atoms with Crippen molar-refractivity contribution in [1.29, 1.82) is 0 Å². The number of amides is 1. The predicted molar refractivity (Wildman–Crippen MR) is 126 cm³/mol. The van der Waals surface area contributed by atoms with Crippen molar-refractivity contribution >= 4 is 45.4 Å². The highest BCUT2D eigenvalue weighted by molar-refractivity contribution is 7.17. The molecule has 0 radical (unpaired) electrons. The Balaban J connectivity index is 1.31. The molecule has 0 fully saturated rings. The number of thiophene rings is 1. The van der Waals surface area contributed by atoms with Crippen LogP contribution in [0.5, 0.6) is 0 Å². The van der Waals surface area contributed by atoms with Crippen LogP contribution in [0.4, 0.5) is 15.5 Å². The largest absolute Gasteiger partial charge is 0.508 e. The van der Waals surface area contributed by atoms with Crippen LogP contribution in [-0.4, -0.2) is 23.2 Å². The molecular weight excluding hydrogens is 446 g/mol. The molecule has 0 aliphatic heterocycles. The summed E-state index contributed by atoms with van der Waals surface area (Å²) in [6.45, 7) is 2.19. The van der Waals surface area contributed by atoms with Gasteiger partial charge in [-0.3, -0.25) is 9.78 Å². The Labute approximate surface area is 194 Å². The van der Waals surface area contributed by atoms with Crippen LogP contribution in [0.15, 0.2) is 42.0 Å². The zero-order chi connectivity index (χ0) is 22.5. The van der Waals surface area contributed by atoms with Gasteiger partial charge in [0, 0.05) is 23.9 Å². The Morgan fingerprint density at radius 3 is 2.88 bits per heavy atom. The van der Waals surface area contributed by atoms with E-state index in [1.807, 2.05) is 37.3 Å². The summed E-state index contributed by atoms with van der Waals surface area (Å²) in [6.07, 6.45) is 3.02. The number of anilines is 2. The normalized spacial score (nSPS) is 16.1. The number of rotatable bonds is 7. The number of nitrogens with two attached hydrogens (primary N) is 1. The monoisotopic (exact) mass is 471 g/mol. The molecule has 0 spiro atoms. The number of thiazole rings is 1. The molecule has 3 N–H and O–H groups in total. The van der Waals surface area contributed by atoms with Gasteiger partial charge in [-0.1, -0.05) is 37.3 Å². The van der Waals surface area contributed by atoms with Crippen LogP contribution in [0.3, 0.4) is 0 Å². The molecule has 0 saturated carbocycles. The van der Waals surface area contributed by atoms with E-state index in [-0.39, 0.29) is 24.5 Å². The van der Waals surface area contributed by atoms with Crippen LogP contribution >= 0.6 is 22.7 Å². The van der Waals surface area contributed by atoms with Gasteiger partial charge >= 0.3 is 6.16 Å². The van der Waals surface area contributed by atoms with Crippen LogP contribution in [0, 0.1) is 0 Å². The average molecular weight is 472 g/mol. The van der Waals surface area contributed by atoms with E-state index >= 15 is 0 Å². The maximum Gasteiger partial charge on any atom is 0.508 e. The van der Waals surface area contributed by atoms with E-state index in [1.54, 1.807) is 11.7 Å². The van der Waals surface area contributed by atoms with Crippen molar-refractivity contribution in [2.75, 3.05) is 11.1 Å². The Kier molecular flexibility index (Phi) is 7.06. The highest BCUT2D eigenvalue weighted by Gasteiger charge is 2.28. The summed E-state index contributed by atoms with van der Waals surface area (Å²) in [4.78, 5) is 30.5. The molecule has 2 heterocycles. The number of benzene rings is 1. The van der Waals surface area contributed by atoms with E-state index < -0.39 is 6.16 Å². The third-order valence-electron chi connectivity index (χ3n) is 5.45. The zero-order valence-electron chi connectivity index (χ0n) is 17.7. The SMILES string of the molecule is CC(CC(=O)Nc1sc2c(c1N)CCC(OC(=O)OCc1cncs1)C2)c1ccccc1. The fourth-order valence-corrected chi connectivity index (χ4v) is 5.50. The van der Waals surface area contributed by atoms with E-state index in [0.717, 1.165) is 20.9 Å². The van der Waals surface area contributed by atoms with Crippen molar-refractivity contribution in [1.82, 2.24) is 4.98 Å². The van der Waals surface area contributed by atoms with E-state index in [4.69, 9.17) is 15.2 Å². The summed E-state index contributed by atoms with van der Waals surface area (Å²) in [6, 6.07) is 9.97. The van der Waals surface area contributed by atoms with Gasteiger partial charge in [0.05, 0.1) is 16.1 Å². The van der Waals surface area contributed by atoms with Crippen LogP contribution in [0.1, 0.15) is 46.6 Å². The molecule has 2 unspecified atom stereocenters. The molecule has 3 aromatic rings. The number of fused-ring (bicyclic) bond motifs is 1. The van der Waals surface area contributed by atoms with Gasteiger partial charge in [-0.15, -0.1) is 22.7 Å². The lowest BCUT2D eigenvalue weighted by molar-refractivity contribution is -0.116. The molecule has 2 atom stereocenters. The second kappa shape index (κ2) is 10.1. The minimum atomic E-state index is -0.681. The first-order chi connectivity index (χ1) is 15.5. The average Bonchev–Trinajstić information content (AvgIpc) is 3.41. The van der Waals surface area contributed by atoms with Gasteiger partial charge in [0.25, 0.3) is 0 Å². The maximum atomic E-state index is 12.6. The van der Waals surface area contributed by atoms with E-state index in [9.17, 15) is 9.59 Å². The van der Waals surface area contributed by atoms with E-state index in [1.165, 1.54) is 22.7 Å². The summed E-state index contributed by atoms with van der Waals surface area (Å²) in [5, 5.41) is 3.65. The Morgan fingerprint density at radius 2 is 2.12 bits per heavy atom. The van der Waals surface area contributed by atoms with Crippen molar-refractivity contribution in [3.63, 3.8) is 0 Å². The highest BCUT2D eigenvalue weighted by Crippen LogP contribution is 2.41. The van der Waals surface area contributed by atoms with Crippen LogP contribution in [0.2, 0.25) is 0 Å². The lowest BCUT2D eigenvalue weighted by Gasteiger charge is -2.22. The van der Waals surface area contributed by atoms with E-state index in [2.05, 4.69) is 10.3 Å². The molecule has 4 rings (SSSR count). The van der Waals surface area contributed by atoms with Gasteiger partial charge < -0.3 is 20.5 Å². The fourth-order valence-electron chi connectivity index (χ4n) is 3.74. The molecule has 32 heavy (non-hydrogen) atoms. The van der Waals surface area contributed by atoms with E-state index in [0.29, 0.717) is 36.4 Å². The second-order valence-corrected chi connectivity index (χ2v) is 9.88. The molecule has 0 bridgehead atoms. The number of ether oxygens (including phenoxy) is 2. The first-order valence-electron chi connectivity index (χ1n) is 10.4. The molecule has 7 nitrogen and oxygen atoms in total. The van der Waals surface area contributed by atoms with Crippen molar-refractivity contribution in [2.24, 2.45) is 0 Å². The molecule has 168 valence electrons. The molecule has 1 aliphatic rings. The van der Waals surface area contributed by atoms with Crippen molar-refractivity contribution in [3.8, 4) is 0 Å². The number of hydrogen-bond donors (Lipinski definition) is 2. The Hall–Kier alpha value is -2.91. The van der Waals surface area contributed by atoms with Crippen LogP contribution < -0.4 is 11.1 Å². The molecule has 0 saturated heterocycles. The maximum absolute atomic E-state index is 12.6. The summed E-state index contributed by atoms with van der Waals surface area (Å²) < 4.78 is 10.6. The van der Waals surface area contributed by atoms with Crippen molar-refractivity contribution in [3.05, 3.63) is 62.9 Å². The van der Waals surface area contributed by atoms with Crippen LogP contribution in [-0.2, 0) is 33.7 Å². The summed E-state index contributed by atoms with van der Waals surface area (Å²) in [7, 11) is 0. The minimum absolute atomic E-state index is 0.0638.